The summed E-state index contributed by atoms with van der Waals surface area (Å²) in [5.41, 5.74) is 2.77. The van der Waals surface area contributed by atoms with Gasteiger partial charge in [-0.25, -0.2) is 9.37 Å². The number of aromatic nitrogens is 1. The van der Waals surface area contributed by atoms with Crippen molar-refractivity contribution in [3.63, 3.8) is 0 Å². The third kappa shape index (κ3) is 1.84. The first-order valence-electron chi connectivity index (χ1n) is 4.01. The Morgan fingerprint density at radius 3 is 2.93 bits per heavy atom. The fraction of sp³-hybridized carbons (Fsp3) is 0. The molecular weight excluding hydrogens is 235 g/mol. The molecule has 0 aliphatic heterocycles. The molecule has 0 aliphatic rings. The maximum Gasteiger partial charge on any atom is 0.141 e. The van der Waals surface area contributed by atoms with Gasteiger partial charge in [-0.05, 0) is 18.2 Å². The third-order valence-electron chi connectivity index (χ3n) is 1.86. The average Bonchev–Trinajstić information content (AvgIpc) is 2.70. The number of nitrogens with zero attached hydrogens (tertiary/aromatic N) is 2. The van der Waals surface area contributed by atoms with E-state index >= 15 is 0 Å². The number of hydrogen-bond acceptors (Lipinski definition) is 3. The molecule has 5 heteroatoms. The van der Waals surface area contributed by atoms with Crippen LogP contribution in [0.2, 0.25) is 5.02 Å². The number of rotatable bonds is 1. The van der Waals surface area contributed by atoms with Crippen LogP contribution in [0.5, 0.6) is 0 Å². The molecule has 0 amide bonds. The van der Waals surface area contributed by atoms with Crippen LogP contribution in [0.4, 0.5) is 4.39 Å². The molecule has 0 bridgehead atoms. The van der Waals surface area contributed by atoms with Gasteiger partial charge >= 0.3 is 0 Å². The predicted molar refractivity (Wildman–Crippen MR) is 57.2 cm³/mol. The normalized spacial score (nSPS) is 9.93. The van der Waals surface area contributed by atoms with Crippen LogP contribution in [0.3, 0.4) is 0 Å². The number of thiazole rings is 1. The summed E-state index contributed by atoms with van der Waals surface area (Å²) >= 11 is 6.89. The Labute approximate surface area is 94.6 Å². The van der Waals surface area contributed by atoms with Gasteiger partial charge in [0, 0.05) is 5.56 Å². The van der Waals surface area contributed by atoms with Crippen molar-refractivity contribution in [2.75, 3.05) is 0 Å². The molecule has 0 fully saturated rings. The molecule has 1 heterocycles. The Hall–Kier alpha value is -1.44. The fourth-order valence-electron chi connectivity index (χ4n) is 1.17. The Kier molecular flexibility index (Phi) is 2.67. The molecule has 0 atom stereocenters. The van der Waals surface area contributed by atoms with E-state index in [1.54, 1.807) is 11.6 Å². The lowest BCUT2D eigenvalue weighted by Crippen LogP contribution is -1.83. The van der Waals surface area contributed by atoms with Crippen molar-refractivity contribution >= 4 is 22.9 Å². The van der Waals surface area contributed by atoms with E-state index in [-0.39, 0.29) is 5.02 Å². The third-order valence-corrected chi connectivity index (χ3v) is 2.88. The van der Waals surface area contributed by atoms with E-state index in [1.165, 1.54) is 23.5 Å². The minimum Gasteiger partial charge on any atom is -0.243 e. The molecule has 2 rings (SSSR count). The van der Waals surface area contributed by atoms with E-state index in [2.05, 4.69) is 4.98 Å². The van der Waals surface area contributed by atoms with E-state index in [0.717, 1.165) is 0 Å². The van der Waals surface area contributed by atoms with Gasteiger partial charge in [-0.3, -0.25) is 0 Å². The van der Waals surface area contributed by atoms with Gasteiger partial charge in [-0.2, -0.15) is 5.26 Å². The molecule has 0 N–H and O–H groups in total. The first kappa shape index (κ1) is 10.1. The molecule has 0 saturated carbocycles. The standard InChI is InChI=1S/C10H4ClFN2S/c11-7-3-6(1-2-8(7)12)10-9(4-13)15-5-14-10/h1-3,5H. The highest BCUT2D eigenvalue weighted by molar-refractivity contribution is 7.10. The maximum absolute atomic E-state index is 12.9. The van der Waals surface area contributed by atoms with Gasteiger partial charge in [-0.15, -0.1) is 11.3 Å². The molecule has 0 unspecified atom stereocenters. The zero-order valence-electron chi connectivity index (χ0n) is 7.37. The van der Waals surface area contributed by atoms with Crippen molar-refractivity contribution < 1.29 is 4.39 Å². The van der Waals surface area contributed by atoms with Crippen LogP contribution >= 0.6 is 22.9 Å². The molecule has 0 spiro atoms. The maximum atomic E-state index is 12.9. The van der Waals surface area contributed by atoms with Crippen molar-refractivity contribution in [1.82, 2.24) is 4.98 Å². The zero-order valence-corrected chi connectivity index (χ0v) is 8.94. The van der Waals surface area contributed by atoms with Crippen LogP contribution in [0.1, 0.15) is 4.88 Å². The SMILES string of the molecule is N#Cc1scnc1-c1ccc(F)c(Cl)c1. The summed E-state index contributed by atoms with van der Waals surface area (Å²) in [7, 11) is 0. The Morgan fingerprint density at radius 1 is 1.47 bits per heavy atom. The summed E-state index contributed by atoms with van der Waals surface area (Å²) in [6.07, 6.45) is 0. The van der Waals surface area contributed by atoms with Gasteiger partial charge in [0.1, 0.15) is 16.8 Å². The molecule has 1 aromatic carbocycles. The Morgan fingerprint density at radius 2 is 2.27 bits per heavy atom. The van der Waals surface area contributed by atoms with Gasteiger partial charge < -0.3 is 0 Å². The first-order chi connectivity index (χ1) is 7.22. The van der Waals surface area contributed by atoms with Crippen molar-refractivity contribution in [3.05, 3.63) is 39.4 Å². The lowest BCUT2D eigenvalue weighted by atomic mass is 10.1. The average molecular weight is 239 g/mol. The van der Waals surface area contributed by atoms with Crippen LogP contribution < -0.4 is 0 Å². The largest absolute Gasteiger partial charge is 0.243 e. The van der Waals surface area contributed by atoms with Gasteiger partial charge in [0.05, 0.1) is 16.2 Å². The molecule has 2 nitrogen and oxygen atoms in total. The molecule has 74 valence electrons. The minimum absolute atomic E-state index is 0.0318. The van der Waals surface area contributed by atoms with Crippen LogP contribution in [0, 0.1) is 17.1 Å². The van der Waals surface area contributed by atoms with Crippen molar-refractivity contribution in [2.24, 2.45) is 0 Å². The molecule has 2 aromatic rings. The second kappa shape index (κ2) is 3.97. The molecule has 0 aliphatic carbocycles. The molecular formula is C10H4ClFN2S. The van der Waals surface area contributed by atoms with Gasteiger partial charge in [0.15, 0.2) is 0 Å². The monoisotopic (exact) mass is 238 g/mol. The highest BCUT2D eigenvalue weighted by Gasteiger charge is 2.09. The predicted octanol–water partition coefficient (Wildman–Crippen LogP) is 3.47. The van der Waals surface area contributed by atoms with E-state index in [9.17, 15) is 4.39 Å². The summed E-state index contributed by atoms with van der Waals surface area (Å²) < 4.78 is 12.9. The van der Waals surface area contributed by atoms with E-state index in [1.807, 2.05) is 6.07 Å². The minimum atomic E-state index is -0.478. The summed E-state index contributed by atoms with van der Waals surface area (Å²) in [4.78, 5) is 4.54. The van der Waals surface area contributed by atoms with Crippen LogP contribution in [0.15, 0.2) is 23.7 Å². The molecule has 0 saturated heterocycles. The summed E-state index contributed by atoms with van der Waals surface area (Å²) in [6.45, 7) is 0. The summed E-state index contributed by atoms with van der Waals surface area (Å²) in [5.74, 6) is -0.478. The van der Waals surface area contributed by atoms with Crippen LogP contribution in [0.25, 0.3) is 11.3 Å². The number of benzene rings is 1. The van der Waals surface area contributed by atoms with Gasteiger partial charge in [0.2, 0.25) is 0 Å². The number of nitriles is 1. The molecule has 1 aromatic heterocycles. The van der Waals surface area contributed by atoms with Crippen molar-refractivity contribution in [1.29, 1.82) is 5.26 Å². The van der Waals surface area contributed by atoms with Gasteiger partial charge in [0.25, 0.3) is 0 Å². The highest BCUT2D eigenvalue weighted by atomic mass is 35.5. The smallest absolute Gasteiger partial charge is 0.141 e. The Bertz CT molecular complexity index is 545. The second-order valence-corrected chi connectivity index (χ2v) is 4.03. The highest BCUT2D eigenvalue weighted by Crippen LogP contribution is 2.27. The number of halogens is 2. The van der Waals surface area contributed by atoms with Crippen molar-refractivity contribution in [2.45, 2.75) is 0 Å². The second-order valence-electron chi connectivity index (χ2n) is 2.77. The van der Waals surface area contributed by atoms with E-state index in [4.69, 9.17) is 16.9 Å². The summed E-state index contributed by atoms with van der Waals surface area (Å²) in [5, 5.41) is 8.84. The van der Waals surface area contributed by atoms with Crippen LogP contribution in [-0.4, -0.2) is 4.98 Å². The zero-order chi connectivity index (χ0) is 10.8. The van der Waals surface area contributed by atoms with Crippen molar-refractivity contribution in [3.8, 4) is 17.3 Å². The van der Waals surface area contributed by atoms with Crippen LogP contribution in [-0.2, 0) is 0 Å². The van der Waals surface area contributed by atoms with E-state index < -0.39 is 5.82 Å². The van der Waals surface area contributed by atoms with E-state index in [0.29, 0.717) is 16.1 Å². The lowest BCUT2D eigenvalue weighted by molar-refractivity contribution is 0.628. The first-order valence-corrected chi connectivity index (χ1v) is 5.27. The topological polar surface area (TPSA) is 36.7 Å². The molecule has 0 radical (unpaired) electrons. The fourth-order valence-corrected chi connectivity index (χ4v) is 1.95. The lowest BCUT2D eigenvalue weighted by Gasteiger charge is -1.99. The Balaban J connectivity index is 2.56. The summed E-state index contributed by atoms with van der Waals surface area (Å²) in [6, 6.07) is 6.31. The quantitative estimate of drug-likeness (QED) is 0.763. The number of hydrogen-bond donors (Lipinski definition) is 0. The molecule has 15 heavy (non-hydrogen) atoms. The van der Waals surface area contributed by atoms with Gasteiger partial charge in [-0.1, -0.05) is 11.6 Å².